The maximum atomic E-state index is 13.4. The fourth-order valence-electron chi connectivity index (χ4n) is 3.94. The normalized spacial score (nSPS) is 21.7. The number of nitrogens with one attached hydrogen (secondary N) is 2. The van der Waals surface area contributed by atoms with Crippen LogP contribution in [-0.2, 0) is 9.53 Å². The number of halogens is 1. The van der Waals surface area contributed by atoms with Crippen LogP contribution in [0, 0.1) is 5.82 Å². The van der Waals surface area contributed by atoms with E-state index in [0.29, 0.717) is 29.4 Å². The molecule has 30 heavy (non-hydrogen) atoms. The lowest BCUT2D eigenvalue weighted by atomic mass is 9.95. The molecule has 2 amide bonds. The second-order valence-corrected chi connectivity index (χ2v) is 7.77. The molecule has 2 atom stereocenters. The van der Waals surface area contributed by atoms with Crippen molar-refractivity contribution in [2.24, 2.45) is 0 Å². The van der Waals surface area contributed by atoms with Gasteiger partial charge in [-0.1, -0.05) is 19.1 Å². The Kier molecular flexibility index (Phi) is 7.44. The summed E-state index contributed by atoms with van der Waals surface area (Å²) in [7, 11) is 0. The summed E-state index contributed by atoms with van der Waals surface area (Å²) in [6.45, 7) is 10.5. The number of rotatable bonds is 7. The minimum Gasteiger partial charge on any atom is -0.463 e. The van der Waals surface area contributed by atoms with Gasteiger partial charge < -0.3 is 15.4 Å². The van der Waals surface area contributed by atoms with Crippen LogP contribution in [0.2, 0.25) is 0 Å². The number of hydrogen-bond donors (Lipinski definition) is 2. The molecule has 1 aromatic carbocycles. The lowest BCUT2D eigenvalue weighted by molar-refractivity contribution is -0.139. The lowest BCUT2D eigenvalue weighted by Crippen LogP contribution is -2.53. The Morgan fingerprint density at radius 1 is 1.20 bits per heavy atom. The molecule has 0 bridgehead atoms. The Balaban J connectivity index is 1.85. The lowest BCUT2D eigenvalue weighted by Gasteiger charge is -2.39. The van der Waals surface area contributed by atoms with Gasteiger partial charge in [0.05, 0.1) is 18.2 Å². The van der Waals surface area contributed by atoms with Crippen LogP contribution in [0.25, 0.3) is 0 Å². The molecule has 1 saturated heterocycles. The number of carbonyl (C=O) groups is 2. The summed E-state index contributed by atoms with van der Waals surface area (Å²) in [5, 5.41) is 5.59. The third kappa shape index (κ3) is 5.17. The van der Waals surface area contributed by atoms with E-state index in [1.54, 1.807) is 19.1 Å². The largest absolute Gasteiger partial charge is 0.463 e. The minimum atomic E-state index is -0.685. The molecule has 0 spiro atoms. The topological polar surface area (TPSA) is 73.9 Å². The second kappa shape index (κ2) is 10.0. The van der Waals surface area contributed by atoms with Crippen molar-refractivity contribution in [3.8, 4) is 0 Å². The van der Waals surface area contributed by atoms with Crippen LogP contribution in [0.15, 0.2) is 35.5 Å². The van der Waals surface area contributed by atoms with Crippen LogP contribution in [-0.4, -0.2) is 67.2 Å². The number of benzene rings is 1. The zero-order valence-corrected chi connectivity index (χ0v) is 17.9. The number of nitrogens with zero attached hydrogens (tertiary/aromatic N) is 2. The first-order valence-electron chi connectivity index (χ1n) is 10.6. The van der Waals surface area contributed by atoms with Gasteiger partial charge in [0.2, 0.25) is 0 Å². The maximum absolute atomic E-state index is 13.4. The third-order valence-electron chi connectivity index (χ3n) is 5.86. The molecule has 1 aromatic rings. The van der Waals surface area contributed by atoms with Crippen LogP contribution in [0.5, 0.6) is 0 Å². The Morgan fingerprint density at radius 2 is 1.87 bits per heavy atom. The van der Waals surface area contributed by atoms with E-state index in [1.165, 1.54) is 12.1 Å². The molecule has 0 aliphatic carbocycles. The van der Waals surface area contributed by atoms with Gasteiger partial charge in [0.15, 0.2) is 0 Å². The predicted octanol–water partition coefficient (Wildman–Crippen LogP) is 2.41. The van der Waals surface area contributed by atoms with E-state index in [4.69, 9.17) is 4.74 Å². The van der Waals surface area contributed by atoms with Gasteiger partial charge in [-0.2, -0.15) is 0 Å². The van der Waals surface area contributed by atoms with Crippen LogP contribution in [0.3, 0.4) is 0 Å². The van der Waals surface area contributed by atoms with Gasteiger partial charge >= 0.3 is 12.0 Å². The fourth-order valence-corrected chi connectivity index (χ4v) is 3.94. The molecule has 0 aromatic heterocycles. The monoisotopic (exact) mass is 418 g/mol. The summed E-state index contributed by atoms with van der Waals surface area (Å²) < 4.78 is 18.7. The molecule has 2 aliphatic rings. The molecule has 0 radical (unpaired) electrons. The minimum absolute atomic E-state index is 0.229. The number of carbonyl (C=O) groups excluding carboxylic acids is 2. The van der Waals surface area contributed by atoms with E-state index in [2.05, 4.69) is 34.3 Å². The standard InChI is InChI=1S/C22H31FN4O3/c1-4-15(3)27-12-10-26(11-13-27)14-18-19(21(28)30-5-2)20(25-22(29)24-18)16-6-8-17(23)9-7-16/h6-9,15,20H,4-5,10-14H2,1-3H3,(H2,24,25,29)/t15-,20-/m0/s1. The molecule has 1 fully saturated rings. The Labute approximate surface area is 177 Å². The van der Waals surface area contributed by atoms with Gasteiger partial charge in [0.25, 0.3) is 0 Å². The van der Waals surface area contributed by atoms with Gasteiger partial charge in [-0.25, -0.2) is 14.0 Å². The number of ether oxygens (including phenoxy) is 1. The van der Waals surface area contributed by atoms with Gasteiger partial charge in [0.1, 0.15) is 5.82 Å². The summed E-state index contributed by atoms with van der Waals surface area (Å²) in [5.41, 5.74) is 1.55. The molecular weight excluding hydrogens is 387 g/mol. The van der Waals surface area contributed by atoms with Crippen molar-refractivity contribution < 1.29 is 18.7 Å². The van der Waals surface area contributed by atoms with Crippen molar-refractivity contribution in [3.05, 3.63) is 46.9 Å². The van der Waals surface area contributed by atoms with Crippen molar-refractivity contribution in [1.29, 1.82) is 0 Å². The Bertz CT molecular complexity index is 788. The molecule has 0 saturated carbocycles. The molecule has 0 unspecified atom stereocenters. The molecule has 2 N–H and O–H groups in total. The number of hydrogen-bond acceptors (Lipinski definition) is 5. The first-order chi connectivity index (χ1) is 14.4. The Hall–Kier alpha value is -2.45. The van der Waals surface area contributed by atoms with E-state index >= 15 is 0 Å². The van der Waals surface area contributed by atoms with Crippen LogP contribution in [0.4, 0.5) is 9.18 Å². The maximum Gasteiger partial charge on any atom is 0.338 e. The average molecular weight is 419 g/mol. The van der Waals surface area contributed by atoms with E-state index in [0.717, 1.165) is 32.6 Å². The van der Waals surface area contributed by atoms with Gasteiger partial charge in [0, 0.05) is 44.5 Å². The third-order valence-corrected chi connectivity index (χ3v) is 5.86. The second-order valence-electron chi connectivity index (χ2n) is 7.77. The van der Waals surface area contributed by atoms with Crippen LogP contribution in [0.1, 0.15) is 38.8 Å². The fraction of sp³-hybridized carbons (Fsp3) is 0.545. The number of esters is 1. The first-order valence-corrected chi connectivity index (χ1v) is 10.6. The van der Waals surface area contributed by atoms with Gasteiger partial charge in [-0.3, -0.25) is 9.80 Å². The molecule has 3 rings (SSSR count). The smallest absolute Gasteiger partial charge is 0.338 e. The highest BCUT2D eigenvalue weighted by molar-refractivity contribution is 5.95. The number of piperazine rings is 1. The highest BCUT2D eigenvalue weighted by Gasteiger charge is 2.34. The zero-order chi connectivity index (χ0) is 21.7. The molecule has 2 aliphatic heterocycles. The van der Waals surface area contributed by atoms with Crippen molar-refractivity contribution >= 4 is 12.0 Å². The first kappa shape index (κ1) is 22.2. The quantitative estimate of drug-likeness (QED) is 0.666. The summed E-state index contributed by atoms with van der Waals surface area (Å²) in [6, 6.07) is 5.27. The molecule has 8 heteroatoms. The van der Waals surface area contributed by atoms with Crippen molar-refractivity contribution in [2.45, 2.75) is 39.3 Å². The number of urea groups is 1. The van der Waals surface area contributed by atoms with E-state index < -0.39 is 12.0 Å². The predicted molar refractivity (Wildman–Crippen MR) is 112 cm³/mol. The van der Waals surface area contributed by atoms with Gasteiger partial charge in [-0.15, -0.1) is 0 Å². The average Bonchev–Trinajstić information content (AvgIpc) is 2.74. The van der Waals surface area contributed by atoms with Crippen LogP contribution >= 0.6 is 0 Å². The van der Waals surface area contributed by atoms with E-state index in [1.807, 2.05) is 0 Å². The Morgan fingerprint density at radius 3 is 2.47 bits per heavy atom. The van der Waals surface area contributed by atoms with Crippen molar-refractivity contribution in [3.63, 3.8) is 0 Å². The molecule has 7 nitrogen and oxygen atoms in total. The van der Waals surface area contributed by atoms with Crippen molar-refractivity contribution in [1.82, 2.24) is 20.4 Å². The summed E-state index contributed by atoms with van der Waals surface area (Å²) >= 11 is 0. The van der Waals surface area contributed by atoms with Gasteiger partial charge in [-0.05, 0) is 38.0 Å². The number of amides is 2. The van der Waals surface area contributed by atoms with E-state index in [-0.39, 0.29) is 18.5 Å². The van der Waals surface area contributed by atoms with Crippen molar-refractivity contribution in [2.75, 3.05) is 39.3 Å². The highest BCUT2D eigenvalue weighted by atomic mass is 19.1. The SMILES string of the molecule is CCOC(=O)C1=C(CN2CCN([C@@H](C)CC)CC2)NC(=O)N[C@H]1c1ccc(F)cc1. The molecular formula is C22H31FN4O3. The summed E-state index contributed by atoms with van der Waals surface area (Å²) in [6.07, 6.45) is 1.11. The van der Waals surface area contributed by atoms with E-state index in [9.17, 15) is 14.0 Å². The zero-order valence-electron chi connectivity index (χ0n) is 17.9. The highest BCUT2D eigenvalue weighted by Crippen LogP contribution is 2.28. The summed E-state index contributed by atoms with van der Waals surface area (Å²) in [4.78, 5) is 29.9. The van der Waals surface area contributed by atoms with Crippen LogP contribution < -0.4 is 10.6 Å². The summed E-state index contributed by atoms with van der Waals surface area (Å²) in [5.74, 6) is -0.854. The molecule has 2 heterocycles. The molecule has 164 valence electrons.